The van der Waals surface area contributed by atoms with Crippen molar-refractivity contribution in [3.05, 3.63) is 51.0 Å². The number of rotatable bonds is 5. The normalized spacial score (nSPS) is 15.1. The zero-order chi connectivity index (χ0) is 19.8. The third-order valence-electron chi connectivity index (χ3n) is 5.15. The smallest absolute Gasteiger partial charge is 0.211 e. The van der Waals surface area contributed by atoms with Crippen LogP contribution in [0.2, 0.25) is 15.1 Å². The monoisotopic (exact) mass is 437 g/mol. The highest BCUT2D eigenvalue weighted by atomic mass is 35.5. The summed E-state index contributed by atoms with van der Waals surface area (Å²) in [4.78, 5) is 7.06. The number of nitrogens with zero attached hydrogens (tertiary/aromatic N) is 3. The van der Waals surface area contributed by atoms with Gasteiger partial charge in [0, 0.05) is 30.3 Å². The maximum absolute atomic E-state index is 6.54. The first kappa shape index (κ1) is 19.8. The van der Waals surface area contributed by atoms with Gasteiger partial charge >= 0.3 is 0 Å². The molecule has 28 heavy (non-hydrogen) atoms. The van der Waals surface area contributed by atoms with Gasteiger partial charge in [-0.05, 0) is 44.0 Å². The van der Waals surface area contributed by atoms with Crippen molar-refractivity contribution in [2.45, 2.75) is 39.3 Å². The van der Waals surface area contributed by atoms with E-state index in [2.05, 4.69) is 22.5 Å². The Balaban J connectivity index is 1.91. The van der Waals surface area contributed by atoms with E-state index in [1.165, 1.54) is 0 Å². The second kappa shape index (κ2) is 8.11. The third kappa shape index (κ3) is 3.37. The van der Waals surface area contributed by atoms with Gasteiger partial charge in [-0.25, -0.2) is 4.98 Å². The van der Waals surface area contributed by atoms with Crippen LogP contribution in [0.1, 0.15) is 38.4 Å². The number of aryl methyl sites for hydroxylation is 1. The zero-order valence-corrected chi connectivity index (χ0v) is 18.2. The molecule has 4 nitrogen and oxygen atoms in total. The van der Waals surface area contributed by atoms with Gasteiger partial charge in [0.1, 0.15) is 5.52 Å². The standard InChI is InChI=1S/C21H22Cl3N3O/c1-3-18(28-4-2)14-7-8-15(23)19-20(14)27-11-5-10-26(21(27)25-19)17-9-6-13(22)12-16(17)24/h6-9,12,18H,3-5,10-11H2,1-2H3. The zero-order valence-electron chi connectivity index (χ0n) is 15.9. The molecule has 7 heteroatoms. The third-order valence-corrected chi connectivity index (χ3v) is 5.99. The molecule has 3 aromatic rings. The van der Waals surface area contributed by atoms with Crippen LogP contribution in [0.5, 0.6) is 0 Å². The number of halogens is 3. The molecular formula is C21H22Cl3N3O. The summed E-state index contributed by atoms with van der Waals surface area (Å²) < 4.78 is 8.24. The highest BCUT2D eigenvalue weighted by Crippen LogP contribution is 2.41. The van der Waals surface area contributed by atoms with Gasteiger partial charge in [-0.3, -0.25) is 0 Å². The minimum absolute atomic E-state index is 0.0139. The second-order valence-corrected chi connectivity index (χ2v) is 8.10. The van der Waals surface area contributed by atoms with E-state index in [0.717, 1.165) is 54.2 Å². The van der Waals surface area contributed by atoms with Crippen molar-refractivity contribution in [1.29, 1.82) is 0 Å². The molecular weight excluding hydrogens is 417 g/mol. The molecule has 0 bridgehead atoms. The van der Waals surface area contributed by atoms with Gasteiger partial charge in [0.25, 0.3) is 0 Å². The Morgan fingerprint density at radius 2 is 1.89 bits per heavy atom. The van der Waals surface area contributed by atoms with Crippen molar-refractivity contribution in [3.8, 4) is 0 Å². The molecule has 0 amide bonds. The highest BCUT2D eigenvalue weighted by Gasteiger charge is 2.28. The Hall–Kier alpha value is -1.46. The molecule has 0 N–H and O–H groups in total. The molecule has 2 heterocycles. The Kier molecular flexibility index (Phi) is 5.75. The van der Waals surface area contributed by atoms with E-state index in [1.807, 2.05) is 25.1 Å². The maximum atomic E-state index is 6.54. The van der Waals surface area contributed by atoms with Crippen LogP contribution in [0.25, 0.3) is 11.0 Å². The van der Waals surface area contributed by atoms with Crippen LogP contribution in [-0.4, -0.2) is 22.7 Å². The molecule has 1 unspecified atom stereocenters. The van der Waals surface area contributed by atoms with Crippen LogP contribution >= 0.6 is 34.8 Å². The molecule has 1 aliphatic rings. The summed E-state index contributed by atoms with van der Waals surface area (Å²) in [6.07, 6.45) is 1.88. The van der Waals surface area contributed by atoms with E-state index in [4.69, 9.17) is 44.5 Å². The molecule has 0 spiro atoms. The van der Waals surface area contributed by atoms with Gasteiger partial charge in [-0.2, -0.15) is 0 Å². The summed E-state index contributed by atoms with van der Waals surface area (Å²) in [7, 11) is 0. The summed E-state index contributed by atoms with van der Waals surface area (Å²) in [5, 5.41) is 1.88. The number of aromatic nitrogens is 2. The van der Waals surface area contributed by atoms with Gasteiger partial charge in [0.2, 0.25) is 5.95 Å². The van der Waals surface area contributed by atoms with Gasteiger partial charge in [-0.15, -0.1) is 0 Å². The minimum atomic E-state index is 0.0139. The molecule has 0 saturated heterocycles. The van der Waals surface area contributed by atoms with Crippen LogP contribution in [0.3, 0.4) is 0 Å². The Morgan fingerprint density at radius 3 is 2.61 bits per heavy atom. The molecule has 1 aliphatic heterocycles. The summed E-state index contributed by atoms with van der Waals surface area (Å²) in [5.74, 6) is 0.853. The predicted octanol–water partition coefficient (Wildman–Crippen LogP) is 7.03. The van der Waals surface area contributed by atoms with Crippen LogP contribution in [0.4, 0.5) is 11.6 Å². The highest BCUT2D eigenvalue weighted by molar-refractivity contribution is 6.36. The van der Waals surface area contributed by atoms with Crippen LogP contribution in [0, 0.1) is 0 Å². The van der Waals surface area contributed by atoms with Crippen LogP contribution in [-0.2, 0) is 11.3 Å². The molecule has 1 aromatic heterocycles. The number of imidazole rings is 1. The van der Waals surface area contributed by atoms with E-state index in [1.54, 1.807) is 6.07 Å². The van der Waals surface area contributed by atoms with Gasteiger partial charge < -0.3 is 14.2 Å². The van der Waals surface area contributed by atoms with Crippen LogP contribution in [0.15, 0.2) is 30.3 Å². The van der Waals surface area contributed by atoms with E-state index in [0.29, 0.717) is 21.7 Å². The van der Waals surface area contributed by atoms with E-state index in [-0.39, 0.29) is 6.10 Å². The Bertz CT molecular complexity index is 1020. The topological polar surface area (TPSA) is 30.3 Å². The molecule has 0 saturated carbocycles. The Morgan fingerprint density at radius 1 is 1.07 bits per heavy atom. The molecule has 1 atom stereocenters. The first-order valence-corrected chi connectivity index (χ1v) is 10.7. The van der Waals surface area contributed by atoms with Crippen molar-refractivity contribution >= 4 is 57.5 Å². The maximum Gasteiger partial charge on any atom is 0.211 e. The van der Waals surface area contributed by atoms with Gasteiger partial charge in [0.15, 0.2) is 0 Å². The SMILES string of the molecule is CCOC(CC)c1ccc(Cl)c2nc3n(c12)CCCN3c1ccc(Cl)cc1Cl. The fraction of sp³-hybridized carbons (Fsp3) is 0.381. The average molecular weight is 439 g/mol. The van der Waals surface area contributed by atoms with E-state index < -0.39 is 0 Å². The summed E-state index contributed by atoms with van der Waals surface area (Å²) >= 11 is 19.1. The number of anilines is 2. The first-order valence-electron chi connectivity index (χ1n) is 9.58. The number of ether oxygens (including phenoxy) is 1. The quantitative estimate of drug-likeness (QED) is 0.428. The largest absolute Gasteiger partial charge is 0.374 e. The minimum Gasteiger partial charge on any atom is -0.374 e. The lowest BCUT2D eigenvalue weighted by atomic mass is 10.0. The average Bonchev–Trinajstić information content (AvgIpc) is 3.08. The number of benzene rings is 2. The predicted molar refractivity (Wildman–Crippen MR) is 117 cm³/mol. The number of hydrogen-bond donors (Lipinski definition) is 0. The van der Waals surface area contributed by atoms with Crippen LogP contribution < -0.4 is 4.90 Å². The molecule has 0 aliphatic carbocycles. The van der Waals surface area contributed by atoms with Crippen molar-refractivity contribution in [1.82, 2.24) is 9.55 Å². The number of fused-ring (bicyclic) bond motifs is 3. The van der Waals surface area contributed by atoms with Crippen molar-refractivity contribution in [2.24, 2.45) is 0 Å². The fourth-order valence-electron chi connectivity index (χ4n) is 3.94. The summed E-state index contributed by atoms with van der Waals surface area (Å²) in [5.41, 5.74) is 3.89. The lowest BCUT2D eigenvalue weighted by molar-refractivity contribution is 0.0606. The molecule has 4 rings (SSSR count). The van der Waals surface area contributed by atoms with Gasteiger partial charge in [-0.1, -0.05) is 47.8 Å². The summed E-state index contributed by atoms with van der Waals surface area (Å²) in [6.45, 7) is 6.53. The van der Waals surface area contributed by atoms with E-state index in [9.17, 15) is 0 Å². The Labute approximate surface area is 180 Å². The van der Waals surface area contributed by atoms with E-state index >= 15 is 0 Å². The molecule has 0 radical (unpaired) electrons. The van der Waals surface area contributed by atoms with Crippen molar-refractivity contribution in [2.75, 3.05) is 18.1 Å². The van der Waals surface area contributed by atoms with Gasteiger partial charge in [0.05, 0.1) is 27.4 Å². The molecule has 2 aromatic carbocycles. The molecule has 148 valence electrons. The summed E-state index contributed by atoms with van der Waals surface area (Å²) in [6, 6.07) is 9.54. The second-order valence-electron chi connectivity index (χ2n) is 6.85. The lowest BCUT2D eigenvalue weighted by Gasteiger charge is -2.30. The first-order chi connectivity index (χ1) is 13.5. The fourth-order valence-corrected chi connectivity index (χ4v) is 4.65. The van der Waals surface area contributed by atoms with Crippen molar-refractivity contribution < 1.29 is 4.74 Å². The van der Waals surface area contributed by atoms with Crippen molar-refractivity contribution in [3.63, 3.8) is 0 Å². The number of hydrogen-bond acceptors (Lipinski definition) is 3. The molecule has 0 fully saturated rings. The lowest BCUT2D eigenvalue weighted by Crippen LogP contribution is -2.28.